The van der Waals surface area contributed by atoms with Gasteiger partial charge in [-0.15, -0.1) is 0 Å². The van der Waals surface area contributed by atoms with E-state index in [1.807, 2.05) is 0 Å². The smallest absolute Gasteiger partial charge is 0.165 e. The average molecular weight is 215 g/mol. The van der Waals surface area contributed by atoms with Gasteiger partial charge in [0.2, 0.25) is 0 Å². The van der Waals surface area contributed by atoms with Crippen LogP contribution in [0.1, 0.15) is 12.5 Å². The molecule has 0 amide bonds. The molecule has 2 N–H and O–H groups in total. The Labute approximate surface area is 88.0 Å². The van der Waals surface area contributed by atoms with Gasteiger partial charge in [-0.1, -0.05) is 12.1 Å². The zero-order chi connectivity index (χ0) is 11.5. The third-order valence-corrected chi connectivity index (χ3v) is 2.15. The summed E-state index contributed by atoms with van der Waals surface area (Å²) in [5, 5.41) is 0. The highest BCUT2D eigenvalue weighted by atomic mass is 19.1. The fraction of sp³-hybridized carbons (Fsp3) is 0.455. The first-order chi connectivity index (χ1) is 7.00. The van der Waals surface area contributed by atoms with Crippen LogP contribution in [-0.2, 0) is 6.42 Å². The lowest BCUT2D eigenvalue weighted by molar-refractivity contribution is 0.319. The van der Waals surface area contributed by atoms with E-state index in [2.05, 4.69) is 0 Å². The maximum absolute atomic E-state index is 13.3. The van der Waals surface area contributed by atoms with Gasteiger partial charge < -0.3 is 10.5 Å². The van der Waals surface area contributed by atoms with Gasteiger partial charge in [0.15, 0.2) is 11.6 Å². The van der Waals surface area contributed by atoms with Crippen LogP contribution in [0.3, 0.4) is 0 Å². The second kappa shape index (κ2) is 4.57. The minimum absolute atomic E-state index is 0.141. The SMILES string of the molecule is COc1c(F)cccc1CC(C)(N)CF. The topological polar surface area (TPSA) is 35.2 Å². The van der Waals surface area contributed by atoms with Gasteiger partial charge in [0.25, 0.3) is 0 Å². The van der Waals surface area contributed by atoms with Gasteiger partial charge in [-0.3, -0.25) is 0 Å². The Morgan fingerprint density at radius 1 is 1.47 bits per heavy atom. The van der Waals surface area contributed by atoms with E-state index in [1.165, 1.54) is 13.2 Å². The summed E-state index contributed by atoms with van der Waals surface area (Å²) in [6.45, 7) is 0.921. The molecule has 1 aromatic rings. The summed E-state index contributed by atoms with van der Waals surface area (Å²) in [7, 11) is 1.38. The molecule has 0 saturated carbocycles. The van der Waals surface area contributed by atoms with Crippen LogP contribution in [-0.4, -0.2) is 19.3 Å². The monoisotopic (exact) mass is 215 g/mol. The highest BCUT2D eigenvalue weighted by Gasteiger charge is 2.21. The fourth-order valence-electron chi connectivity index (χ4n) is 1.40. The maximum atomic E-state index is 13.3. The zero-order valence-corrected chi connectivity index (χ0v) is 8.89. The Kier molecular flexibility index (Phi) is 3.63. The summed E-state index contributed by atoms with van der Waals surface area (Å²) in [6.07, 6.45) is 0.241. The zero-order valence-electron chi connectivity index (χ0n) is 8.89. The molecule has 1 atom stereocenters. The number of hydrogen-bond donors (Lipinski definition) is 1. The largest absolute Gasteiger partial charge is 0.493 e. The molecule has 0 aliphatic heterocycles. The lowest BCUT2D eigenvalue weighted by atomic mass is 9.95. The van der Waals surface area contributed by atoms with E-state index in [4.69, 9.17) is 10.5 Å². The van der Waals surface area contributed by atoms with Crippen molar-refractivity contribution in [2.45, 2.75) is 18.9 Å². The summed E-state index contributed by atoms with van der Waals surface area (Å²) in [4.78, 5) is 0. The molecule has 2 nitrogen and oxygen atoms in total. The van der Waals surface area contributed by atoms with Crippen LogP contribution < -0.4 is 10.5 Å². The second-order valence-electron chi connectivity index (χ2n) is 3.90. The van der Waals surface area contributed by atoms with Gasteiger partial charge in [-0.05, 0) is 25.0 Å². The second-order valence-corrected chi connectivity index (χ2v) is 3.90. The molecule has 0 radical (unpaired) electrons. The molecule has 0 aliphatic rings. The first-order valence-electron chi connectivity index (χ1n) is 4.66. The molecule has 84 valence electrons. The highest BCUT2D eigenvalue weighted by molar-refractivity contribution is 5.36. The van der Waals surface area contributed by atoms with E-state index in [0.717, 1.165) is 0 Å². The van der Waals surface area contributed by atoms with E-state index in [9.17, 15) is 8.78 Å². The van der Waals surface area contributed by atoms with Crippen molar-refractivity contribution in [3.8, 4) is 5.75 Å². The number of para-hydroxylation sites is 1. The molecule has 0 saturated heterocycles. The number of hydrogen-bond acceptors (Lipinski definition) is 2. The van der Waals surface area contributed by atoms with Crippen LogP contribution in [0, 0.1) is 5.82 Å². The molecule has 0 fully saturated rings. The van der Waals surface area contributed by atoms with Crippen molar-refractivity contribution >= 4 is 0 Å². The van der Waals surface area contributed by atoms with E-state index >= 15 is 0 Å². The summed E-state index contributed by atoms with van der Waals surface area (Å²) in [6, 6.07) is 4.54. The lowest BCUT2D eigenvalue weighted by Crippen LogP contribution is -2.41. The number of ether oxygens (including phenoxy) is 1. The molecule has 0 heterocycles. The molecule has 0 aromatic heterocycles. The summed E-state index contributed by atoms with van der Waals surface area (Å²) in [5.74, 6) is -0.313. The minimum atomic E-state index is -0.985. The minimum Gasteiger partial charge on any atom is -0.493 e. The maximum Gasteiger partial charge on any atom is 0.165 e. The molecule has 4 heteroatoms. The number of methoxy groups -OCH3 is 1. The van der Waals surface area contributed by atoms with Crippen molar-refractivity contribution in [1.82, 2.24) is 0 Å². The Hall–Kier alpha value is -1.16. The number of halogens is 2. The van der Waals surface area contributed by atoms with Crippen LogP contribution in [0.5, 0.6) is 5.75 Å². The van der Waals surface area contributed by atoms with E-state index in [-0.39, 0.29) is 12.2 Å². The lowest BCUT2D eigenvalue weighted by Gasteiger charge is -2.21. The molecule has 15 heavy (non-hydrogen) atoms. The van der Waals surface area contributed by atoms with Crippen molar-refractivity contribution in [3.63, 3.8) is 0 Å². The summed E-state index contributed by atoms with van der Waals surface area (Å²) in [5.41, 5.74) is 5.27. The van der Waals surface area contributed by atoms with Crippen molar-refractivity contribution in [3.05, 3.63) is 29.6 Å². The number of alkyl halides is 1. The van der Waals surface area contributed by atoms with Crippen LogP contribution in [0.2, 0.25) is 0 Å². The van der Waals surface area contributed by atoms with Gasteiger partial charge in [-0.2, -0.15) is 0 Å². The molecular formula is C11H15F2NO. The summed E-state index contributed by atoms with van der Waals surface area (Å²) < 4.78 is 30.7. The van der Waals surface area contributed by atoms with Gasteiger partial charge in [0.05, 0.1) is 7.11 Å². The van der Waals surface area contributed by atoms with Crippen LogP contribution in [0.4, 0.5) is 8.78 Å². The molecule has 0 aliphatic carbocycles. The van der Waals surface area contributed by atoms with Gasteiger partial charge in [0.1, 0.15) is 6.67 Å². The Morgan fingerprint density at radius 3 is 2.67 bits per heavy atom. The number of benzene rings is 1. The van der Waals surface area contributed by atoms with Gasteiger partial charge in [-0.25, -0.2) is 8.78 Å². The van der Waals surface area contributed by atoms with Crippen molar-refractivity contribution in [2.75, 3.05) is 13.8 Å². The molecule has 0 spiro atoms. The Bertz CT molecular complexity index is 339. The van der Waals surface area contributed by atoms with E-state index in [1.54, 1.807) is 19.1 Å². The average Bonchev–Trinajstić information content (AvgIpc) is 2.18. The molecule has 0 bridgehead atoms. The van der Waals surface area contributed by atoms with Gasteiger partial charge >= 0.3 is 0 Å². The predicted molar refractivity (Wildman–Crippen MR) is 55.2 cm³/mol. The third-order valence-electron chi connectivity index (χ3n) is 2.15. The highest BCUT2D eigenvalue weighted by Crippen LogP contribution is 2.25. The molecule has 1 rings (SSSR count). The van der Waals surface area contributed by atoms with Gasteiger partial charge in [0, 0.05) is 5.54 Å². The van der Waals surface area contributed by atoms with Crippen LogP contribution in [0.25, 0.3) is 0 Å². The van der Waals surface area contributed by atoms with Crippen molar-refractivity contribution < 1.29 is 13.5 Å². The first-order valence-corrected chi connectivity index (χ1v) is 4.66. The number of rotatable bonds is 4. The third kappa shape index (κ3) is 2.89. The number of nitrogens with two attached hydrogens (primary N) is 1. The van der Waals surface area contributed by atoms with E-state index in [0.29, 0.717) is 5.56 Å². The van der Waals surface area contributed by atoms with E-state index < -0.39 is 18.0 Å². The normalized spacial score (nSPS) is 14.7. The van der Waals surface area contributed by atoms with Crippen LogP contribution >= 0.6 is 0 Å². The summed E-state index contributed by atoms with van der Waals surface area (Å²) >= 11 is 0. The van der Waals surface area contributed by atoms with Crippen LogP contribution in [0.15, 0.2) is 18.2 Å². The quantitative estimate of drug-likeness (QED) is 0.834. The predicted octanol–water partition coefficient (Wildman–Crippen LogP) is 2.06. The van der Waals surface area contributed by atoms with Crippen molar-refractivity contribution in [1.29, 1.82) is 0 Å². The Balaban J connectivity index is 2.99. The standard InChI is InChI=1S/C11H15F2NO/c1-11(14,7-12)6-8-4-3-5-9(13)10(8)15-2/h3-5H,6-7,14H2,1-2H3. The molecular weight excluding hydrogens is 200 g/mol. The first kappa shape index (κ1) is 11.9. The molecule has 1 aromatic carbocycles. The Morgan fingerprint density at radius 2 is 2.13 bits per heavy atom. The van der Waals surface area contributed by atoms with Crippen molar-refractivity contribution in [2.24, 2.45) is 5.73 Å². The fourth-order valence-corrected chi connectivity index (χ4v) is 1.40. The molecule has 1 unspecified atom stereocenters.